The van der Waals surface area contributed by atoms with Crippen LogP contribution in [0, 0.1) is 0 Å². The van der Waals surface area contributed by atoms with Crippen LogP contribution in [0.1, 0.15) is 0 Å². The minimum Gasteiger partial charge on any atom is -0.232 e. The summed E-state index contributed by atoms with van der Waals surface area (Å²) in [6.45, 7) is 0. The van der Waals surface area contributed by atoms with E-state index in [0.717, 1.165) is 33.4 Å². The Kier molecular flexibility index (Phi) is 6.85. The van der Waals surface area contributed by atoms with Gasteiger partial charge in [0.25, 0.3) is 0 Å². The first-order valence-corrected chi connectivity index (χ1v) is 17.5. The standard InChI is InChI=1S/C49H32N2/c1-5-19-33(20-6-1)43-37-27-13-15-29-39(37)45(40-30-16-14-28-38(40)43)46-41-31-17-18-32-42(41)49-47(44(46)34-21-7-2-8-22-34)48(35-23-9-3-10-24-35)50-51(49)36-25-11-4-12-26-36/h1-32H. The van der Waals surface area contributed by atoms with E-state index in [-0.39, 0.29) is 0 Å². The highest BCUT2D eigenvalue weighted by atomic mass is 15.3. The van der Waals surface area contributed by atoms with Crippen molar-refractivity contribution in [2.24, 2.45) is 0 Å². The number of aromatic nitrogens is 2. The molecule has 238 valence electrons. The quantitative estimate of drug-likeness (QED) is 0.170. The van der Waals surface area contributed by atoms with Crippen LogP contribution in [0.3, 0.4) is 0 Å². The molecule has 10 rings (SSSR count). The monoisotopic (exact) mass is 648 g/mol. The fraction of sp³-hybridized carbons (Fsp3) is 0. The van der Waals surface area contributed by atoms with Gasteiger partial charge in [-0.1, -0.05) is 182 Å². The number of hydrogen-bond acceptors (Lipinski definition) is 1. The van der Waals surface area contributed by atoms with Crippen LogP contribution in [0.25, 0.3) is 93.5 Å². The fourth-order valence-electron chi connectivity index (χ4n) is 8.09. The van der Waals surface area contributed by atoms with E-state index >= 15 is 0 Å². The fourth-order valence-corrected chi connectivity index (χ4v) is 8.09. The SMILES string of the molecule is c1ccc(-c2c3ccccc3c(-c3c(-c4ccccc4)c4c(-c5ccccc5)nn(-c5ccccc5)c4c4ccccc34)c3ccccc23)cc1. The minimum absolute atomic E-state index is 0.967. The zero-order valence-electron chi connectivity index (χ0n) is 27.9. The first kappa shape index (κ1) is 29.2. The third-order valence-corrected chi connectivity index (χ3v) is 10.2. The van der Waals surface area contributed by atoms with Gasteiger partial charge in [-0.25, -0.2) is 4.68 Å². The maximum Gasteiger partial charge on any atom is 0.101 e. The topological polar surface area (TPSA) is 17.8 Å². The molecule has 2 heteroatoms. The number of hydrogen-bond donors (Lipinski definition) is 0. The van der Waals surface area contributed by atoms with Crippen molar-refractivity contribution in [2.45, 2.75) is 0 Å². The van der Waals surface area contributed by atoms with Crippen LogP contribution in [0.5, 0.6) is 0 Å². The largest absolute Gasteiger partial charge is 0.232 e. The Morgan fingerprint density at radius 1 is 0.294 bits per heavy atom. The average molecular weight is 649 g/mol. The van der Waals surface area contributed by atoms with E-state index in [2.05, 4.69) is 199 Å². The summed E-state index contributed by atoms with van der Waals surface area (Å²) in [7, 11) is 0. The highest BCUT2D eigenvalue weighted by Gasteiger charge is 2.27. The molecule has 0 unspecified atom stereocenters. The Balaban J connectivity index is 1.49. The molecule has 0 spiro atoms. The normalized spacial score (nSPS) is 11.5. The molecule has 0 aliphatic carbocycles. The molecule has 0 saturated carbocycles. The van der Waals surface area contributed by atoms with Crippen molar-refractivity contribution in [1.82, 2.24) is 9.78 Å². The van der Waals surface area contributed by atoms with Gasteiger partial charge < -0.3 is 0 Å². The van der Waals surface area contributed by atoms with Crippen LogP contribution in [0.4, 0.5) is 0 Å². The highest BCUT2D eigenvalue weighted by Crippen LogP contribution is 2.52. The lowest BCUT2D eigenvalue weighted by Crippen LogP contribution is -1.98. The molecule has 0 saturated heterocycles. The number of rotatable bonds is 5. The molecule has 2 nitrogen and oxygen atoms in total. The molecule has 0 radical (unpaired) electrons. The Morgan fingerprint density at radius 3 is 1.18 bits per heavy atom. The summed E-state index contributed by atoms with van der Waals surface area (Å²) in [6, 6.07) is 69.7. The van der Waals surface area contributed by atoms with Gasteiger partial charge in [0.05, 0.1) is 11.2 Å². The van der Waals surface area contributed by atoms with Gasteiger partial charge in [0.1, 0.15) is 5.69 Å². The van der Waals surface area contributed by atoms with Gasteiger partial charge in [0, 0.05) is 21.9 Å². The van der Waals surface area contributed by atoms with Crippen molar-refractivity contribution in [3.63, 3.8) is 0 Å². The lowest BCUT2D eigenvalue weighted by molar-refractivity contribution is 0.918. The minimum atomic E-state index is 0.967. The van der Waals surface area contributed by atoms with Crippen LogP contribution in [-0.2, 0) is 0 Å². The molecule has 0 fully saturated rings. The van der Waals surface area contributed by atoms with Crippen molar-refractivity contribution >= 4 is 43.2 Å². The summed E-state index contributed by atoms with van der Waals surface area (Å²) < 4.78 is 2.16. The number of para-hydroxylation sites is 1. The van der Waals surface area contributed by atoms with E-state index in [1.54, 1.807) is 0 Å². The Morgan fingerprint density at radius 2 is 0.667 bits per heavy atom. The summed E-state index contributed by atoms with van der Waals surface area (Å²) in [5, 5.41) is 13.9. The van der Waals surface area contributed by atoms with Crippen molar-refractivity contribution < 1.29 is 0 Å². The van der Waals surface area contributed by atoms with Crippen molar-refractivity contribution in [3.8, 4) is 50.3 Å². The molecule has 1 heterocycles. The predicted octanol–water partition coefficient (Wildman–Crippen LogP) is 13.2. The third kappa shape index (κ3) is 4.61. The summed E-state index contributed by atoms with van der Waals surface area (Å²) in [6.07, 6.45) is 0. The van der Waals surface area contributed by atoms with Gasteiger partial charge in [0.2, 0.25) is 0 Å². The second kappa shape index (κ2) is 12.0. The molecule has 1 aromatic heterocycles. The molecule has 0 aliphatic heterocycles. The molecule has 9 aromatic carbocycles. The Bertz CT molecular complexity index is 2820. The van der Waals surface area contributed by atoms with Crippen LogP contribution < -0.4 is 0 Å². The van der Waals surface area contributed by atoms with Crippen LogP contribution in [0.15, 0.2) is 194 Å². The van der Waals surface area contributed by atoms with Gasteiger partial charge in [0.15, 0.2) is 0 Å². The maximum absolute atomic E-state index is 5.50. The molecule has 0 amide bonds. The smallest absolute Gasteiger partial charge is 0.101 e. The highest BCUT2D eigenvalue weighted by molar-refractivity contribution is 6.30. The van der Waals surface area contributed by atoms with Crippen molar-refractivity contribution in [2.75, 3.05) is 0 Å². The molecule has 0 N–H and O–H groups in total. The van der Waals surface area contributed by atoms with E-state index in [4.69, 9.17) is 5.10 Å². The number of nitrogens with zero attached hydrogens (tertiary/aromatic N) is 2. The summed E-state index contributed by atoms with van der Waals surface area (Å²) in [5.41, 5.74) is 11.5. The summed E-state index contributed by atoms with van der Waals surface area (Å²) in [4.78, 5) is 0. The zero-order valence-corrected chi connectivity index (χ0v) is 27.9. The lowest BCUT2D eigenvalue weighted by Gasteiger charge is -2.22. The van der Waals surface area contributed by atoms with Crippen molar-refractivity contribution in [3.05, 3.63) is 194 Å². The molecule has 10 aromatic rings. The Labute approximate surface area is 296 Å². The second-order valence-electron chi connectivity index (χ2n) is 13.1. The van der Waals surface area contributed by atoms with Crippen molar-refractivity contribution in [1.29, 1.82) is 0 Å². The van der Waals surface area contributed by atoms with Gasteiger partial charge >= 0.3 is 0 Å². The van der Waals surface area contributed by atoms with Gasteiger partial charge in [-0.3, -0.25) is 0 Å². The van der Waals surface area contributed by atoms with Crippen LogP contribution in [0.2, 0.25) is 0 Å². The first-order valence-electron chi connectivity index (χ1n) is 17.5. The van der Waals surface area contributed by atoms with Gasteiger partial charge in [-0.2, -0.15) is 5.10 Å². The molecule has 0 atom stereocenters. The number of benzene rings is 9. The molecular formula is C49H32N2. The lowest BCUT2D eigenvalue weighted by atomic mass is 9.80. The van der Waals surface area contributed by atoms with E-state index < -0.39 is 0 Å². The second-order valence-corrected chi connectivity index (χ2v) is 13.1. The molecular weight excluding hydrogens is 617 g/mol. The number of fused-ring (bicyclic) bond motifs is 5. The molecule has 0 aliphatic rings. The van der Waals surface area contributed by atoms with E-state index in [9.17, 15) is 0 Å². The predicted molar refractivity (Wildman–Crippen MR) is 215 cm³/mol. The van der Waals surface area contributed by atoms with E-state index in [1.165, 1.54) is 60.1 Å². The maximum atomic E-state index is 5.50. The van der Waals surface area contributed by atoms with Crippen LogP contribution in [-0.4, -0.2) is 9.78 Å². The average Bonchev–Trinajstić information content (AvgIpc) is 3.62. The van der Waals surface area contributed by atoms with E-state index in [1.807, 2.05) is 0 Å². The van der Waals surface area contributed by atoms with E-state index in [0.29, 0.717) is 0 Å². The first-order chi connectivity index (χ1) is 25.4. The third-order valence-electron chi connectivity index (χ3n) is 10.2. The zero-order chi connectivity index (χ0) is 33.7. The summed E-state index contributed by atoms with van der Waals surface area (Å²) in [5.74, 6) is 0. The van der Waals surface area contributed by atoms with Crippen LogP contribution >= 0.6 is 0 Å². The van der Waals surface area contributed by atoms with Gasteiger partial charge in [-0.15, -0.1) is 0 Å². The van der Waals surface area contributed by atoms with Gasteiger partial charge in [-0.05, 0) is 66.9 Å². The molecule has 51 heavy (non-hydrogen) atoms. The summed E-state index contributed by atoms with van der Waals surface area (Å²) >= 11 is 0. The Hall–Kier alpha value is -6.77. The molecule has 0 bridgehead atoms.